The number of methoxy groups -OCH3 is 1. The van der Waals surface area contributed by atoms with Gasteiger partial charge in [-0.05, 0) is 12.1 Å². The van der Waals surface area contributed by atoms with Gasteiger partial charge >= 0.3 is 5.97 Å². The maximum atomic E-state index is 11.7. The van der Waals surface area contributed by atoms with E-state index < -0.39 is 15.8 Å². The summed E-state index contributed by atoms with van der Waals surface area (Å²) in [5.74, 6) is 0.0530. The minimum Gasteiger partial charge on any atom is -0.469 e. The monoisotopic (exact) mass is 282 g/mol. The minimum atomic E-state index is -3.36. The molecule has 0 saturated carbocycles. The number of aryl methyl sites for hydroxylation is 1. The molecule has 0 aliphatic heterocycles. The quantitative estimate of drug-likeness (QED) is 0.774. The van der Waals surface area contributed by atoms with Crippen LogP contribution in [0.2, 0.25) is 0 Å². The van der Waals surface area contributed by atoms with E-state index in [2.05, 4.69) is 9.72 Å². The Kier molecular flexibility index (Phi) is 3.32. The van der Waals surface area contributed by atoms with Crippen molar-refractivity contribution < 1.29 is 17.9 Å². The van der Waals surface area contributed by atoms with Crippen LogP contribution in [0.3, 0.4) is 0 Å². The van der Waals surface area contributed by atoms with Gasteiger partial charge in [0.1, 0.15) is 17.8 Å². The molecule has 1 heterocycles. The number of benzene rings is 1. The molecule has 0 bridgehead atoms. The van der Waals surface area contributed by atoms with Crippen LogP contribution in [0.15, 0.2) is 23.1 Å². The molecule has 19 heavy (non-hydrogen) atoms. The number of carbonyl (C=O) groups excluding carboxylic acids is 1. The van der Waals surface area contributed by atoms with Gasteiger partial charge in [0, 0.05) is 13.3 Å². The lowest BCUT2D eigenvalue weighted by Gasteiger charge is -2.01. The number of aromatic nitrogens is 2. The molecule has 0 aliphatic rings. The molecule has 0 atom stereocenters. The highest BCUT2D eigenvalue weighted by molar-refractivity contribution is 7.91. The second kappa shape index (κ2) is 4.65. The summed E-state index contributed by atoms with van der Waals surface area (Å²) in [6.07, 6.45) is 1.14. The molecular weight excluding hydrogens is 268 g/mol. The number of fused-ring (bicyclic) bond motifs is 1. The third-order valence-corrected chi connectivity index (χ3v) is 4.03. The van der Waals surface area contributed by atoms with Gasteiger partial charge in [-0.2, -0.15) is 0 Å². The van der Waals surface area contributed by atoms with Crippen LogP contribution in [0.1, 0.15) is 5.82 Å². The van der Waals surface area contributed by atoms with E-state index in [1.165, 1.54) is 13.2 Å². The summed E-state index contributed by atoms with van der Waals surface area (Å²) < 4.78 is 29.7. The van der Waals surface area contributed by atoms with Crippen molar-refractivity contribution in [1.82, 2.24) is 9.55 Å². The molecule has 2 aromatic rings. The summed E-state index contributed by atoms with van der Waals surface area (Å²) in [6.45, 7) is 0. The number of carbonyl (C=O) groups is 1. The number of para-hydroxylation sites is 1. The lowest BCUT2D eigenvalue weighted by atomic mass is 10.3. The zero-order valence-corrected chi connectivity index (χ0v) is 11.7. The maximum absolute atomic E-state index is 11.7. The summed E-state index contributed by atoms with van der Waals surface area (Å²) in [7, 11) is -0.325. The number of sulfone groups is 1. The van der Waals surface area contributed by atoms with Crippen LogP contribution in [0, 0.1) is 0 Å². The van der Waals surface area contributed by atoms with Crippen molar-refractivity contribution in [3.8, 4) is 0 Å². The zero-order valence-electron chi connectivity index (χ0n) is 10.9. The Balaban J connectivity index is 2.66. The molecule has 2 rings (SSSR count). The van der Waals surface area contributed by atoms with Gasteiger partial charge in [-0.25, -0.2) is 13.4 Å². The van der Waals surface area contributed by atoms with Crippen molar-refractivity contribution in [2.75, 3.05) is 13.4 Å². The van der Waals surface area contributed by atoms with E-state index in [0.29, 0.717) is 16.9 Å². The number of nitrogens with zero attached hydrogens (tertiary/aromatic N) is 2. The van der Waals surface area contributed by atoms with Gasteiger partial charge < -0.3 is 9.30 Å². The van der Waals surface area contributed by atoms with Crippen LogP contribution in [0.25, 0.3) is 11.0 Å². The number of imidazole rings is 1. The van der Waals surface area contributed by atoms with Crippen LogP contribution in [0.4, 0.5) is 0 Å². The molecule has 1 aromatic carbocycles. The van der Waals surface area contributed by atoms with Crippen molar-refractivity contribution in [3.05, 3.63) is 24.0 Å². The highest BCUT2D eigenvalue weighted by Gasteiger charge is 2.18. The number of hydrogen-bond acceptors (Lipinski definition) is 5. The molecule has 6 nitrogen and oxygen atoms in total. The Labute approximate surface area is 110 Å². The summed E-state index contributed by atoms with van der Waals surface area (Å²) in [4.78, 5) is 15.7. The first-order chi connectivity index (χ1) is 8.84. The van der Waals surface area contributed by atoms with Gasteiger partial charge in [0.15, 0.2) is 9.84 Å². The molecular formula is C12H14N2O4S. The summed E-state index contributed by atoms with van der Waals surface area (Å²) in [5.41, 5.74) is 1.05. The molecule has 0 N–H and O–H groups in total. The predicted octanol–water partition coefficient (Wildman–Crippen LogP) is 0.692. The minimum absolute atomic E-state index is 0.00484. The molecule has 1 aromatic heterocycles. The molecule has 0 aliphatic carbocycles. The Morgan fingerprint density at radius 3 is 2.68 bits per heavy atom. The molecule has 102 valence electrons. The molecule has 7 heteroatoms. The van der Waals surface area contributed by atoms with Crippen LogP contribution < -0.4 is 0 Å². The zero-order chi connectivity index (χ0) is 14.2. The maximum Gasteiger partial charge on any atom is 0.313 e. The number of ether oxygens (including phenoxy) is 1. The SMILES string of the molecule is COC(=O)Cc1nc2c(S(C)(=O)=O)cccc2n1C. The van der Waals surface area contributed by atoms with Crippen molar-refractivity contribution in [1.29, 1.82) is 0 Å². The van der Waals surface area contributed by atoms with E-state index in [1.807, 2.05) is 0 Å². The molecule has 0 fully saturated rings. The summed E-state index contributed by atoms with van der Waals surface area (Å²) >= 11 is 0. The lowest BCUT2D eigenvalue weighted by molar-refractivity contribution is -0.139. The van der Waals surface area contributed by atoms with E-state index >= 15 is 0 Å². The first kappa shape index (κ1) is 13.5. The fourth-order valence-corrected chi connectivity index (χ4v) is 2.72. The van der Waals surface area contributed by atoms with E-state index in [4.69, 9.17) is 0 Å². The van der Waals surface area contributed by atoms with E-state index in [0.717, 1.165) is 6.26 Å². The first-order valence-corrected chi connectivity index (χ1v) is 7.45. The Morgan fingerprint density at radius 2 is 2.11 bits per heavy atom. The topological polar surface area (TPSA) is 78.3 Å². The third kappa shape index (κ3) is 2.46. The highest BCUT2D eigenvalue weighted by Crippen LogP contribution is 2.23. The highest BCUT2D eigenvalue weighted by atomic mass is 32.2. The van der Waals surface area contributed by atoms with Crippen molar-refractivity contribution in [3.63, 3.8) is 0 Å². The van der Waals surface area contributed by atoms with E-state index in [1.54, 1.807) is 23.7 Å². The van der Waals surface area contributed by atoms with Gasteiger partial charge in [-0.3, -0.25) is 4.79 Å². The Bertz CT molecular complexity index is 746. The van der Waals surface area contributed by atoms with Gasteiger partial charge in [-0.1, -0.05) is 6.07 Å². The number of rotatable bonds is 3. The van der Waals surface area contributed by atoms with Crippen LogP contribution in [0.5, 0.6) is 0 Å². The second-order valence-electron chi connectivity index (χ2n) is 4.24. The average molecular weight is 282 g/mol. The average Bonchev–Trinajstić information content (AvgIpc) is 2.65. The van der Waals surface area contributed by atoms with Crippen LogP contribution in [-0.2, 0) is 32.8 Å². The molecule has 0 spiro atoms. The van der Waals surface area contributed by atoms with Gasteiger partial charge in [0.2, 0.25) is 0 Å². The smallest absolute Gasteiger partial charge is 0.313 e. The van der Waals surface area contributed by atoms with Crippen molar-refractivity contribution in [2.45, 2.75) is 11.3 Å². The molecule has 0 unspecified atom stereocenters. The van der Waals surface area contributed by atoms with Gasteiger partial charge in [-0.15, -0.1) is 0 Å². The molecule has 0 amide bonds. The van der Waals surface area contributed by atoms with Gasteiger partial charge in [0.25, 0.3) is 0 Å². The third-order valence-electron chi connectivity index (χ3n) is 2.90. The Hall–Kier alpha value is -1.89. The van der Waals surface area contributed by atoms with Crippen molar-refractivity contribution in [2.24, 2.45) is 7.05 Å². The van der Waals surface area contributed by atoms with Gasteiger partial charge in [0.05, 0.1) is 17.5 Å². The normalized spacial score (nSPS) is 11.7. The summed E-state index contributed by atoms with van der Waals surface area (Å²) in [6, 6.07) is 4.92. The first-order valence-electron chi connectivity index (χ1n) is 5.55. The standard InChI is InChI=1S/C12H14N2O4S/c1-14-8-5-4-6-9(19(3,16)17)12(8)13-10(14)7-11(15)18-2/h4-6H,7H2,1-3H3. The number of hydrogen-bond donors (Lipinski definition) is 0. The largest absolute Gasteiger partial charge is 0.469 e. The molecule has 0 saturated heterocycles. The van der Waals surface area contributed by atoms with Crippen LogP contribution in [-0.4, -0.2) is 37.3 Å². The van der Waals surface area contributed by atoms with E-state index in [9.17, 15) is 13.2 Å². The van der Waals surface area contributed by atoms with Crippen LogP contribution >= 0.6 is 0 Å². The fraction of sp³-hybridized carbons (Fsp3) is 0.333. The molecule has 0 radical (unpaired) electrons. The summed E-state index contributed by atoms with van der Waals surface area (Å²) in [5, 5.41) is 0. The van der Waals surface area contributed by atoms with Crippen molar-refractivity contribution >= 4 is 26.8 Å². The second-order valence-corrected chi connectivity index (χ2v) is 6.22. The predicted molar refractivity (Wildman–Crippen MR) is 69.5 cm³/mol. The van der Waals surface area contributed by atoms with E-state index in [-0.39, 0.29) is 11.3 Å². The Morgan fingerprint density at radius 1 is 1.42 bits per heavy atom. The lowest BCUT2D eigenvalue weighted by Crippen LogP contribution is -2.09. The number of esters is 1. The fourth-order valence-electron chi connectivity index (χ4n) is 1.90.